The molecule has 0 spiro atoms. The molecule has 0 aliphatic carbocycles. The molecule has 2 rings (SSSR count). The van der Waals surface area contributed by atoms with Gasteiger partial charge in [0.05, 0.1) is 10.6 Å². The Labute approximate surface area is 126 Å². The Balaban J connectivity index is 2.18. The number of nitrogens with zero attached hydrogens (tertiary/aromatic N) is 1. The quantitative estimate of drug-likeness (QED) is 0.838. The van der Waals surface area contributed by atoms with Crippen LogP contribution < -0.4 is 5.32 Å². The lowest BCUT2D eigenvalue weighted by Gasteiger charge is -2.17. The van der Waals surface area contributed by atoms with Crippen molar-refractivity contribution in [1.29, 1.82) is 0 Å². The van der Waals surface area contributed by atoms with E-state index in [-0.39, 0.29) is 16.9 Å². The second kappa shape index (κ2) is 5.93. The summed E-state index contributed by atoms with van der Waals surface area (Å²) in [6.07, 6.45) is -3.67. The molecular formula is C15H14ClF3N2. The van der Waals surface area contributed by atoms with Crippen LogP contribution in [0.3, 0.4) is 0 Å². The first kappa shape index (κ1) is 15.6. The van der Waals surface area contributed by atoms with E-state index >= 15 is 0 Å². The number of benzene rings is 1. The molecule has 1 N–H and O–H groups in total. The van der Waals surface area contributed by atoms with Crippen LogP contribution >= 0.6 is 11.6 Å². The zero-order chi connectivity index (χ0) is 15.6. The van der Waals surface area contributed by atoms with Gasteiger partial charge in [0, 0.05) is 12.2 Å². The molecule has 1 aromatic heterocycles. The van der Waals surface area contributed by atoms with Crippen LogP contribution in [0.15, 0.2) is 36.5 Å². The first-order chi connectivity index (χ1) is 9.77. The molecule has 1 heterocycles. The second-order valence-corrected chi connectivity index (χ2v) is 5.24. The van der Waals surface area contributed by atoms with Crippen molar-refractivity contribution in [2.75, 3.05) is 5.32 Å². The van der Waals surface area contributed by atoms with Gasteiger partial charge in [0.25, 0.3) is 0 Å². The molecular weight excluding hydrogens is 301 g/mol. The fourth-order valence-corrected chi connectivity index (χ4v) is 2.06. The average molecular weight is 315 g/mol. The van der Waals surface area contributed by atoms with E-state index in [1.54, 1.807) is 0 Å². The summed E-state index contributed by atoms with van der Waals surface area (Å²) in [6.45, 7) is 3.87. The van der Waals surface area contributed by atoms with Crippen LogP contribution in [0.25, 0.3) is 0 Å². The molecule has 0 radical (unpaired) electrons. The van der Waals surface area contributed by atoms with Crippen LogP contribution in [0.2, 0.25) is 5.02 Å². The molecule has 0 fully saturated rings. The highest BCUT2D eigenvalue weighted by molar-refractivity contribution is 6.33. The molecule has 21 heavy (non-hydrogen) atoms. The van der Waals surface area contributed by atoms with Gasteiger partial charge in [0.1, 0.15) is 5.82 Å². The summed E-state index contributed by atoms with van der Waals surface area (Å²) in [5, 5.41) is 2.96. The Morgan fingerprint density at radius 1 is 1.19 bits per heavy atom. The van der Waals surface area contributed by atoms with Gasteiger partial charge < -0.3 is 5.32 Å². The van der Waals surface area contributed by atoms with E-state index in [0.29, 0.717) is 0 Å². The zero-order valence-electron chi connectivity index (χ0n) is 11.5. The lowest BCUT2D eigenvalue weighted by Crippen LogP contribution is -2.10. The molecule has 1 unspecified atom stereocenters. The Bertz CT molecular complexity index is 624. The van der Waals surface area contributed by atoms with Gasteiger partial charge in [0.2, 0.25) is 0 Å². The van der Waals surface area contributed by atoms with Gasteiger partial charge in [-0.25, -0.2) is 4.98 Å². The van der Waals surface area contributed by atoms with Crippen molar-refractivity contribution >= 4 is 17.4 Å². The van der Waals surface area contributed by atoms with Gasteiger partial charge in [-0.05, 0) is 25.5 Å². The molecule has 0 saturated heterocycles. The number of aromatic nitrogens is 1. The van der Waals surface area contributed by atoms with E-state index in [1.807, 2.05) is 38.1 Å². The third-order valence-corrected chi connectivity index (χ3v) is 3.39. The zero-order valence-corrected chi connectivity index (χ0v) is 12.3. The molecule has 0 aliphatic heterocycles. The number of halogens is 4. The predicted molar refractivity (Wildman–Crippen MR) is 77.5 cm³/mol. The number of rotatable bonds is 3. The van der Waals surface area contributed by atoms with E-state index in [1.165, 1.54) is 0 Å². The standard InChI is InChI=1S/C15H14ClF3N2/c1-9-3-5-11(6-4-9)10(2)21-14-13(16)7-12(8-20-14)15(17,18)19/h3-8,10H,1-2H3,(H,20,21). The minimum Gasteiger partial charge on any atom is -0.362 e. The van der Waals surface area contributed by atoms with Crippen molar-refractivity contribution < 1.29 is 13.2 Å². The number of nitrogens with one attached hydrogen (secondary N) is 1. The van der Waals surface area contributed by atoms with Crippen LogP contribution in [-0.2, 0) is 6.18 Å². The van der Waals surface area contributed by atoms with E-state index in [2.05, 4.69) is 10.3 Å². The maximum Gasteiger partial charge on any atom is 0.417 e. The Morgan fingerprint density at radius 3 is 2.33 bits per heavy atom. The summed E-state index contributed by atoms with van der Waals surface area (Å²) in [7, 11) is 0. The predicted octanol–water partition coefficient (Wildman–Crippen LogP) is 5.24. The molecule has 0 bridgehead atoms. The molecule has 6 heteroatoms. The Hall–Kier alpha value is -1.75. The summed E-state index contributed by atoms with van der Waals surface area (Å²) >= 11 is 5.87. The Morgan fingerprint density at radius 2 is 1.81 bits per heavy atom. The minimum absolute atomic E-state index is 0.0520. The van der Waals surface area contributed by atoms with Crippen molar-refractivity contribution in [3.05, 3.63) is 58.2 Å². The molecule has 0 amide bonds. The van der Waals surface area contributed by atoms with Gasteiger partial charge in [-0.2, -0.15) is 13.2 Å². The van der Waals surface area contributed by atoms with Gasteiger partial charge in [-0.15, -0.1) is 0 Å². The van der Waals surface area contributed by atoms with Crippen LogP contribution in [0.4, 0.5) is 19.0 Å². The molecule has 112 valence electrons. The molecule has 1 atom stereocenters. The fraction of sp³-hybridized carbons (Fsp3) is 0.267. The molecule has 0 aliphatic rings. The summed E-state index contributed by atoms with van der Waals surface area (Å²) < 4.78 is 37.6. The highest BCUT2D eigenvalue weighted by Crippen LogP contribution is 2.33. The SMILES string of the molecule is Cc1ccc(C(C)Nc2ncc(C(F)(F)F)cc2Cl)cc1. The highest BCUT2D eigenvalue weighted by Gasteiger charge is 2.31. The number of alkyl halides is 3. The molecule has 0 saturated carbocycles. The summed E-state index contributed by atoms with van der Waals surface area (Å²) in [5.41, 5.74) is 1.27. The first-order valence-corrected chi connectivity index (χ1v) is 6.71. The van der Waals surface area contributed by atoms with Crippen molar-refractivity contribution in [3.63, 3.8) is 0 Å². The Kier molecular flexibility index (Phi) is 4.42. The van der Waals surface area contributed by atoms with Crippen LogP contribution in [0.5, 0.6) is 0 Å². The van der Waals surface area contributed by atoms with Crippen molar-refractivity contribution in [3.8, 4) is 0 Å². The third-order valence-electron chi connectivity index (χ3n) is 3.10. The van der Waals surface area contributed by atoms with Gasteiger partial charge >= 0.3 is 6.18 Å². The van der Waals surface area contributed by atoms with Gasteiger partial charge in [0.15, 0.2) is 0 Å². The van der Waals surface area contributed by atoms with Crippen LogP contribution in [-0.4, -0.2) is 4.98 Å². The van der Waals surface area contributed by atoms with E-state index in [0.717, 1.165) is 23.4 Å². The lowest BCUT2D eigenvalue weighted by molar-refractivity contribution is -0.137. The topological polar surface area (TPSA) is 24.9 Å². The molecule has 2 aromatic rings. The minimum atomic E-state index is -4.45. The van der Waals surface area contributed by atoms with Crippen molar-refractivity contribution in [1.82, 2.24) is 4.98 Å². The third kappa shape index (κ3) is 3.88. The van der Waals surface area contributed by atoms with Crippen molar-refractivity contribution in [2.45, 2.75) is 26.1 Å². The van der Waals surface area contributed by atoms with Crippen molar-refractivity contribution in [2.24, 2.45) is 0 Å². The number of pyridine rings is 1. The number of anilines is 1. The molecule has 1 aromatic carbocycles. The monoisotopic (exact) mass is 314 g/mol. The van der Waals surface area contributed by atoms with E-state index in [4.69, 9.17) is 11.6 Å². The van der Waals surface area contributed by atoms with E-state index < -0.39 is 11.7 Å². The van der Waals surface area contributed by atoms with Gasteiger partial charge in [-0.3, -0.25) is 0 Å². The summed E-state index contributed by atoms with van der Waals surface area (Å²) in [6, 6.07) is 8.59. The largest absolute Gasteiger partial charge is 0.417 e. The van der Waals surface area contributed by atoms with Crippen LogP contribution in [0, 0.1) is 6.92 Å². The lowest BCUT2D eigenvalue weighted by atomic mass is 10.1. The van der Waals surface area contributed by atoms with Gasteiger partial charge in [-0.1, -0.05) is 41.4 Å². The van der Waals surface area contributed by atoms with Crippen LogP contribution in [0.1, 0.15) is 29.7 Å². The maximum atomic E-state index is 12.5. The number of hydrogen-bond acceptors (Lipinski definition) is 2. The molecule has 2 nitrogen and oxygen atoms in total. The first-order valence-electron chi connectivity index (χ1n) is 6.33. The number of aryl methyl sites for hydroxylation is 1. The number of hydrogen-bond donors (Lipinski definition) is 1. The highest BCUT2D eigenvalue weighted by atomic mass is 35.5. The second-order valence-electron chi connectivity index (χ2n) is 4.83. The van der Waals surface area contributed by atoms with E-state index in [9.17, 15) is 13.2 Å². The fourth-order valence-electron chi connectivity index (χ4n) is 1.84. The average Bonchev–Trinajstić information content (AvgIpc) is 2.40. The maximum absolute atomic E-state index is 12.5. The summed E-state index contributed by atoms with van der Waals surface area (Å²) in [4.78, 5) is 3.76. The summed E-state index contributed by atoms with van der Waals surface area (Å²) in [5.74, 6) is 0.234. The smallest absolute Gasteiger partial charge is 0.362 e. The normalized spacial score (nSPS) is 13.0.